The minimum atomic E-state index is -0.834. The fraction of sp³-hybridized carbons (Fsp3) is 0.304. The molecule has 10 heteroatoms. The summed E-state index contributed by atoms with van der Waals surface area (Å²) >= 11 is 1.25. The molecule has 1 fully saturated rings. The topological polar surface area (TPSA) is 119 Å². The smallest absolute Gasteiger partial charge is 0.306 e. The Balaban J connectivity index is 1.45. The Morgan fingerprint density at radius 2 is 1.82 bits per heavy atom. The second-order valence-electron chi connectivity index (χ2n) is 7.66. The van der Waals surface area contributed by atoms with E-state index in [2.05, 4.69) is 0 Å². The van der Waals surface area contributed by atoms with Crippen LogP contribution in [0.1, 0.15) is 18.4 Å². The molecule has 0 unspecified atom stereocenters. The van der Waals surface area contributed by atoms with Crippen molar-refractivity contribution in [3.63, 3.8) is 0 Å². The molecule has 4 rings (SSSR count). The zero-order valence-corrected chi connectivity index (χ0v) is 18.5. The van der Waals surface area contributed by atoms with E-state index in [4.69, 9.17) is 14.6 Å². The number of hydrogen-bond donors (Lipinski definition) is 1. The van der Waals surface area contributed by atoms with Crippen LogP contribution in [0.2, 0.25) is 0 Å². The Hall–Kier alpha value is -3.53. The zero-order chi connectivity index (χ0) is 23.4. The predicted molar refractivity (Wildman–Crippen MR) is 121 cm³/mol. The van der Waals surface area contributed by atoms with Crippen LogP contribution in [-0.4, -0.2) is 53.1 Å². The minimum absolute atomic E-state index is 0.0632. The Labute approximate surface area is 194 Å². The van der Waals surface area contributed by atoms with Gasteiger partial charge < -0.3 is 19.5 Å². The van der Waals surface area contributed by atoms with Crippen molar-refractivity contribution in [2.45, 2.75) is 22.6 Å². The van der Waals surface area contributed by atoms with Crippen molar-refractivity contribution < 1.29 is 29.1 Å². The average Bonchev–Trinajstić information content (AvgIpc) is 2.83. The molecule has 1 N–H and O–H groups in total. The van der Waals surface area contributed by atoms with Crippen LogP contribution in [0.4, 0.5) is 5.69 Å². The quantitative estimate of drug-likeness (QED) is 0.384. The lowest BCUT2D eigenvalue weighted by atomic mass is 9.97. The van der Waals surface area contributed by atoms with Crippen molar-refractivity contribution in [2.24, 2.45) is 5.92 Å². The van der Waals surface area contributed by atoms with Gasteiger partial charge in [0.15, 0.2) is 11.5 Å². The molecule has 2 heterocycles. The second-order valence-corrected chi connectivity index (χ2v) is 8.78. The highest BCUT2D eigenvalue weighted by Gasteiger charge is 2.26. The maximum Gasteiger partial charge on any atom is 0.306 e. The number of ether oxygens (including phenoxy) is 2. The summed E-state index contributed by atoms with van der Waals surface area (Å²) in [5.41, 5.74) is 0.466. The zero-order valence-electron chi connectivity index (χ0n) is 17.6. The number of aliphatic carboxylic acids is 1. The standard InChI is InChI=1S/C23H22N2O7S/c26-22(24-9-7-16(8-10-24)23(27)28)6-2-15-1-5-21(18(13-15)25(29)30)33-17-3-4-19-20(14-17)32-12-11-31-19/h1-6,13-14,16H,7-12H2,(H,27,28). The van der Waals surface area contributed by atoms with Crippen LogP contribution in [0.3, 0.4) is 0 Å². The van der Waals surface area contributed by atoms with Crippen molar-refractivity contribution >= 4 is 35.4 Å². The number of hydrogen-bond acceptors (Lipinski definition) is 7. The van der Waals surface area contributed by atoms with E-state index in [9.17, 15) is 19.7 Å². The Morgan fingerprint density at radius 3 is 2.52 bits per heavy atom. The highest BCUT2D eigenvalue weighted by molar-refractivity contribution is 7.99. The lowest BCUT2D eigenvalue weighted by molar-refractivity contribution is -0.387. The van der Waals surface area contributed by atoms with Crippen molar-refractivity contribution in [1.29, 1.82) is 0 Å². The van der Waals surface area contributed by atoms with Crippen LogP contribution >= 0.6 is 11.8 Å². The molecule has 1 saturated heterocycles. The van der Waals surface area contributed by atoms with Gasteiger partial charge in [-0.3, -0.25) is 19.7 Å². The predicted octanol–water partition coefficient (Wildman–Crippen LogP) is 3.85. The van der Waals surface area contributed by atoms with Crippen LogP contribution in [-0.2, 0) is 9.59 Å². The van der Waals surface area contributed by atoms with Crippen molar-refractivity contribution in [1.82, 2.24) is 4.90 Å². The Bertz CT molecular complexity index is 1110. The van der Waals surface area contributed by atoms with Gasteiger partial charge in [-0.15, -0.1) is 0 Å². The number of rotatable bonds is 6. The van der Waals surface area contributed by atoms with E-state index < -0.39 is 16.8 Å². The van der Waals surface area contributed by atoms with Crippen molar-refractivity contribution in [2.75, 3.05) is 26.3 Å². The number of piperidine rings is 1. The van der Waals surface area contributed by atoms with Crippen LogP contribution in [0, 0.1) is 16.0 Å². The number of carbonyl (C=O) groups excluding carboxylic acids is 1. The van der Waals surface area contributed by atoms with Crippen LogP contribution in [0.5, 0.6) is 11.5 Å². The van der Waals surface area contributed by atoms with E-state index in [1.54, 1.807) is 29.2 Å². The van der Waals surface area contributed by atoms with Crippen LogP contribution in [0.15, 0.2) is 52.3 Å². The molecule has 33 heavy (non-hydrogen) atoms. The van der Waals surface area contributed by atoms with Gasteiger partial charge in [-0.2, -0.15) is 0 Å². The van der Waals surface area contributed by atoms with E-state index >= 15 is 0 Å². The van der Waals surface area contributed by atoms with E-state index in [1.165, 1.54) is 30.0 Å². The number of carboxylic acid groups (broad SMARTS) is 1. The molecule has 0 aliphatic carbocycles. The molecular formula is C23H22N2O7S. The van der Waals surface area contributed by atoms with Gasteiger partial charge in [-0.25, -0.2) is 0 Å². The molecule has 0 radical (unpaired) electrons. The van der Waals surface area contributed by atoms with Gasteiger partial charge in [0.25, 0.3) is 5.69 Å². The van der Waals surface area contributed by atoms with Crippen molar-refractivity contribution in [3.05, 3.63) is 58.2 Å². The van der Waals surface area contributed by atoms with Crippen LogP contribution < -0.4 is 9.47 Å². The molecule has 0 aromatic heterocycles. The highest BCUT2D eigenvalue weighted by atomic mass is 32.2. The fourth-order valence-electron chi connectivity index (χ4n) is 3.70. The highest BCUT2D eigenvalue weighted by Crippen LogP contribution is 2.40. The van der Waals surface area contributed by atoms with Gasteiger partial charge in [0.05, 0.1) is 15.7 Å². The molecule has 172 valence electrons. The molecule has 2 aliphatic rings. The van der Waals surface area contributed by atoms with E-state index in [1.807, 2.05) is 6.07 Å². The summed E-state index contributed by atoms with van der Waals surface area (Å²) in [4.78, 5) is 37.5. The lowest BCUT2D eigenvalue weighted by Gasteiger charge is -2.29. The first-order valence-corrected chi connectivity index (χ1v) is 11.3. The maximum atomic E-state index is 12.4. The molecule has 1 amide bonds. The van der Waals surface area contributed by atoms with Gasteiger partial charge in [0.1, 0.15) is 13.2 Å². The number of carbonyl (C=O) groups is 2. The summed E-state index contributed by atoms with van der Waals surface area (Å²) in [5.74, 6) is -0.230. The van der Waals surface area contributed by atoms with Crippen LogP contribution in [0.25, 0.3) is 6.08 Å². The molecule has 2 aliphatic heterocycles. The number of fused-ring (bicyclic) bond motifs is 1. The summed E-state index contributed by atoms with van der Waals surface area (Å²) in [7, 11) is 0. The fourth-order valence-corrected chi connectivity index (χ4v) is 4.63. The molecule has 0 saturated carbocycles. The second kappa shape index (κ2) is 9.95. The molecule has 2 aromatic rings. The monoisotopic (exact) mass is 470 g/mol. The number of likely N-dealkylation sites (tertiary alicyclic amines) is 1. The number of nitro groups is 1. The SMILES string of the molecule is O=C(O)C1CCN(C(=O)C=Cc2ccc(Sc3ccc4c(c3)OCCO4)c([N+](=O)[O-])c2)CC1. The first-order chi connectivity index (χ1) is 15.9. The third-order valence-corrected chi connectivity index (χ3v) is 6.55. The van der Waals surface area contributed by atoms with Crippen molar-refractivity contribution in [3.8, 4) is 11.5 Å². The molecule has 0 atom stereocenters. The lowest BCUT2D eigenvalue weighted by Crippen LogP contribution is -2.39. The first-order valence-electron chi connectivity index (χ1n) is 10.5. The van der Waals surface area contributed by atoms with Gasteiger partial charge in [-0.1, -0.05) is 17.8 Å². The number of carboxylic acids is 1. The first kappa shape index (κ1) is 22.7. The summed E-state index contributed by atoms with van der Waals surface area (Å²) < 4.78 is 11.1. The molecule has 0 bridgehead atoms. The Kier molecular flexibility index (Phi) is 6.83. The van der Waals surface area contributed by atoms with Gasteiger partial charge in [0.2, 0.25) is 5.91 Å². The van der Waals surface area contributed by atoms with Gasteiger partial charge in [0, 0.05) is 30.1 Å². The summed E-state index contributed by atoms with van der Waals surface area (Å²) in [5, 5.41) is 20.7. The van der Waals surface area contributed by atoms with E-state index in [0.717, 1.165) is 4.90 Å². The summed E-state index contributed by atoms with van der Waals surface area (Å²) in [6, 6.07) is 10.2. The number of amides is 1. The summed E-state index contributed by atoms with van der Waals surface area (Å²) in [6.45, 7) is 1.71. The molecular weight excluding hydrogens is 448 g/mol. The van der Waals surface area contributed by atoms with E-state index in [0.29, 0.717) is 61.1 Å². The van der Waals surface area contributed by atoms with Gasteiger partial charge >= 0.3 is 5.97 Å². The molecule has 9 nitrogen and oxygen atoms in total. The average molecular weight is 471 g/mol. The number of nitro benzene ring substituents is 1. The van der Waals surface area contributed by atoms with E-state index in [-0.39, 0.29) is 11.6 Å². The molecule has 2 aromatic carbocycles. The maximum absolute atomic E-state index is 12.4. The largest absolute Gasteiger partial charge is 0.486 e. The third kappa shape index (κ3) is 5.46. The summed E-state index contributed by atoms with van der Waals surface area (Å²) in [6.07, 6.45) is 3.75. The minimum Gasteiger partial charge on any atom is -0.486 e. The third-order valence-electron chi connectivity index (χ3n) is 5.50. The number of benzene rings is 2. The Morgan fingerprint density at radius 1 is 1.09 bits per heavy atom. The number of nitrogens with zero attached hydrogens (tertiary/aromatic N) is 2. The van der Waals surface area contributed by atoms with Gasteiger partial charge in [-0.05, 0) is 48.7 Å². The molecule has 0 spiro atoms. The normalized spacial score (nSPS) is 16.1.